The lowest BCUT2D eigenvalue weighted by Gasteiger charge is -2.11. The van der Waals surface area contributed by atoms with E-state index in [-0.39, 0.29) is 24.4 Å². The number of nitrogens with one attached hydrogen (secondary N) is 2. The lowest BCUT2D eigenvalue weighted by molar-refractivity contribution is -0.122. The van der Waals surface area contributed by atoms with Gasteiger partial charge in [-0.3, -0.25) is 10.1 Å². The third-order valence-corrected chi connectivity index (χ3v) is 4.16. The third kappa shape index (κ3) is 4.17. The molecule has 1 aromatic carbocycles. The monoisotopic (exact) mass is 336 g/mol. The third-order valence-electron chi connectivity index (χ3n) is 2.44. The molecule has 0 spiro atoms. The number of hydrogen-bond donors (Lipinski definition) is 2. The molecule has 0 radical (unpaired) electrons. The predicted octanol–water partition coefficient (Wildman–Crippen LogP) is 2.15. The molecule has 1 aromatic rings. The van der Waals surface area contributed by atoms with Gasteiger partial charge in [0.25, 0.3) is 0 Å². The van der Waals surface area contributed by atoms with Crippen LogP contribution in [0.15, 0.2) is 28.7 Å². The molecule has 1 atom stereocenters. The highest BCUT2D eigenvalue weighted by Gasteiger charge is 2.21. The van der Waals surface area contributed by atoms with Crippen LogP contribution in [0.2, 0.25) is 0 Å². The molecule has 1 heterocycles. The van der Waals surface area contributed by atoms with Gasteiger partial charge < -0.3 is 5.32 Å². The van der Waals surface area contributed by atoms with Crippen LogP contribution in [0.3, 0.4) is 0 Å². The number of thioether (sulfide) groups is 1. The smallest absolute Gasteiger partial charge is 0.238 e. The number of rotatable bonds is 3. The van der Waals surface area contributed by atoms with E-state index in [1.54, 1.807) is 11.8 Å². The van der Waals surface area contributed by atoms with Crippen molar-refractivity contribution in [2.45, 2.75) is 12.6 Å². The van der Waals surface area contributed by atoms with Crippen LogP contribution in [-0.2, 0) is 11.3 Å². The second-order valence-electron chi connectivity index (χ2n) is 3.58. The summed E-state index contributed by atoms with van der Waals surface area (Å²) in [4.78, 5) is 11.7. The first kappa shape index (κ1) is 14.8. The lowest BCUT2D eigenvalue weighted by atomic mass is 10.2. The maximum Gasteiger partial charge on any atom is 0.238 e. The molecule has 1 unspecified atom stereocenters. The van der Waals surface area contributed by atoms with E-state index in [0.717, 1.165) is 21.7 Å². The molecule has 17 heavy (non-hydrogen) atoms. The van der Waals surface area contributed by atoms with Gasteiger partial charge in [0.15, 0.2) is 0 Å². The zero-order valence-corrected chi connectivity index (χ0v) is 12.3. The van der Waals surface area contributed by atoms with Crippen LogP contribution >= 0.6 is 40.1 Å². The Hall–Kier alpha value is -0.230. The zero-order valence-electron chi connectivity index (χ0n) is 9.11. The molecule has 1 amide bonds. The van der Waals surface area contributed by atoms with E-state index < -0.39 is 0 Å². The van der Waals surface area contributed by atoms with Crippen molar-refractivity contribution in [2.75, 3.05) is 11.6 Å². The van der Waals surface area contributed by atoms with Gasteiger partial charge in [-0.05, 0) is 11.6 Å². The lowest BCUT2D eigenvalue weighted by Crippen LogP contribution is -2.41. The van der Waals surface area contributed by atoms with E-state index in [1.807, 2.05) is 24.3 Å². The molecule has 0 bridgehead atoms. The van der Waals surface area contributed by atoms with Gasteiger partial charge in [0.2, 0.25) is 5.91 Å². The Morgan fingerprint density at radius 3 is 2.94 bits per heavy atom. The molecule has 1 saturated heterocycles. The van der Waals surface area contributed by atoms with Crippen LogP contribution in [0, 0.1) is 0 Å². The minimum Gasteiger partial charge on any atom is -0.351 e. The highest BCUT2D eigenvalue weighted by atomic mass is 79.9. The Kier molecular flexibility index (Phi) is 6.33. The molecule has 0 saturated carbocycles. The van der Waals surface area contributed by atoms with Crippen molar-refractivity contribution in [1.29, 1.82) is 0 Å². The second kappa shape index (κ2) is 7.26. The minimum absolute atomic E-state index is 0. The van der Waals surface area contributed by atoms with Crippen LogP contribution in [0.4, 0.5) is 0 Å². The first-order valence-electron chi connectivity index (χ1n) is 5.09. The largest absolute Gasteiger partial charge is 0.351 e. The SMILES string of the molecule is Cl.O=C(NCc1ccccc1Br)C1CSCN1. The molecular formula is C11H14BrClN2OS. The van der Waals surface area contributed by atoms with Gasteiger partial charge in [0, 0.05) is 22.6 Å². The highest BCUT2D eigenvalue weighted by molar-refractivity contribution is 9.10. The van der Waals surface area contributed by atoms with Crippen LogP contribution in [-0.4, -0.2) is 23.6 Å². The highest BCUT2D eigenvalue weighted by Crippen LogP contribution is 2.15. The minimum atomic E-state index is -0.0347. The zero-order chi connectivity index (χ0) is 11.4. The van der Waals surface area contributed by atoms with E-state index in [4.69, 9.17) is 0 Å². The summed E-state index contributed by atoms with van der Waals surface area (Å²) in [7, 11) is 0. The number of amides is 1. The van der Waals surface area contributed by atoms with Crippen molar-refractivity contribution in [3.63, 3.8) is 0 Å². The quantitative estimate of drug-likeness (QED) is 0.888. The summed E-state index contributed by atoms with van der Waals surface area (Å²) in [6.45, 7) is 0.573. The van der Waals surface area contributed by atoms with Gasteiger partial charge in [0.1, 0.15) is 0 Å². The maximum absolute atomic E-state index is 11.7. The molecule has 6 heteroatoms. The Morgan fingerprint density at radius 1 is 1.53 bits per heavy atom. The van der Waals surface area contributed by atoms with E-state index in [9.17, 15) is 4.79 Å². The number of halogens is 2. The van der Waals surface area contributed by atoms with Gasteiger partial charge in [-0.1, -0.05) is 34.1 Å². The molecule has 2 rings (SSSR count). The molecule has 0 aromatic heterocycles. The molecule has 1 aliphatic heterocycles. The normalized spacial score (nSPS) is 18.5. The van der Waals surface area contributed by atoms with Gasteiger partial charge in [0.05, 0.1) is 6.04 Å². The van der Waals surface area contributed by atoms with E-state index in [0.29, 0.717) is 6.54 Å². The first-order chi connectivity index (χ1) is 7.77. The molecular weight excluding hydrogens is 324 g/mol. The molecule has 1 fully saturated rings. The van der Waals surface area contributed by atoms with Crippen molar-refractivity contribution >= 4 is 46.0 Å². The fourth-order valence-corrected chi connectivity index (χ4v) is 2.88. The second-order valence-corrected chi connectivity index (χ2v) is 5.47. The molecule has 94 valence electrons. The van der Waals surface area contributed by atoms with Crippen molar-refractivity contribution in [2.24, 2.45) is 0 Å². The Bertz CT molecular complexity index is 385. The number of carbonyl (C=O) groups excluding carboxylic acids is 1. The number of hydrogen-bond acceptors (Lipinski definition) is 3. The van der Waals surface area contributed by atoms with Crippen LogP contribution in [0.25, 0.3) is 0 Å². The van der Waals surface area contributed by atoms with Gasteiger partial charge in [-0.25, -0.2) is 0 Å². The van der Waals surface area contributed by atoms with Crippen LogP contribution in [0.5, 0.6) is 0 Å². The molecule has 3 nitrogen and oxygen atoms in total. The van der Waals surface area contributed by atoms with Crippen LogP contribution in [0.1, 0.15) is 5.56 Å². The summed E-state index contributed by atoms with van der Waals surface area (Å²) in [5, 5.41) is 6.08. The van der Waals surface area contributed by atoms with E-state index >= 15 is 0 Å². The average molecular weight is 338 g/mol. The van der Waals surface area contributed by atoms with Gasteiger partial charge in [-0.15, -0.1) is 24.2 Å². The van der Waals surface area contributed by atoms with Gasteiger partial charge in [-0.2, -0.15) is 0 Å². The summed E-state index contributed by atoms with van der Waals surface area (Å²) >= 11 is 5.21. The summed E-state index contributed by atoms with van der Waals surface area (Å²) in [5.41, 5.74) is 1.10. The summed E-state index contributed by atoms with van der Waals surface area (Å²) in [6.07, 6.45) is 0. The van der Waals surface area contributed by atoms with Crippen molar-refractivity contribution < 1.29 is 4.79 Å². The van der Waals surface area contributed by atoms with Gasteiger partial charge >= 0.3 is 0 Å². The Labute approximate surface area is 120 Å². The Morgan fingerprint density at radius 2 is 2.29 bits per heavy atom. The number of carbonyl (C=O) groups is 1. The Balaban J connectivity index is 0.00000144. The fraction of sp³-hybridized carbons (Fsp3) is 0.364. The van der Waals surface area contributed by atoms with Crippen molar-refractivity contribution in [3.8, 4) is 0 Å². The van der Waals surface area contributed by atoms with Crippen LogP contribution < -0.4 is 10.6 Å². The number of benzene rings is 1. The van der Waals surface area contributed by atoms with Crippen molar-refractivity contribution in [1.82, 2.24) is 10.6 Å². The maximum atomic E-state index is 11.7. The molecule has 0 aliphatic carbocycles. The molecule has 1 aliphatic rings. The average Bonchev–Trinajstić information content (AvgIpc) is 2.81. The summed E-state index contributed by atoms with van der Waals surface area (Å²) < 4.78 is 1.03. The summed E-state index contributed by atoms with van der Waals surface area (Å²) in [5.74, 6) is 1.82. The van der Waals surface area contributed by atoms with E-state index in [2.05, 4.69) is 26.6 Å². The van der Waals surface area contributed by atoms with E-state index in [1.165, 1.54) is 0 Å². The summed E-state index contributed by atoms with van der Waals surface area (Å²) in [6, 6.07) is 7.87. The fourth-order valence-electron chi connectivity index (χ4n) is 1.51. The van der Waals surface area contributed by atoms with Crippen molar-refractivity contribution in [3.05, 3.63) is 34.3 Å². The topological polar surface area (TPSA) is 41.1 Å². The predicted molar refractivity (Wildman–Crippen MR) is 77.5 cm³/mol. The molecule has 2 N–H and O–H groups in total. The first-order valence-corrected chi connectivity index (χ1v) is 7.04. The standard InChI is InChI=1S/C11H13BrN2OS.ClH/c12-9-4-2-1-3-8(9)5-13-11(15)10-6-16-7-14-10;/h1-4,10,14H,5-7H2,(H,13,15);1H.